The van der Waals surface area contributed by atoms with E-state index in [2.05, 4.69) is 4.90 Å². The average molecular weight is 291 g/mol. The van der Waals surface area contributed by atoms with Crippen molar-refractivity contribution in [2.24, 2.45) is 0 Å². The Morgan fingerprint density at radius 3 is 2.62 bits per heavy atom. The molecule has 0 unspecified atom stereocenters. The third-order valence-corrected chi connectivity index (χ3v) is 3.95. The molecule has 0 saturated carbocycles. The summed E-state index contributed by atoms with van der Waals surface area (Å²) in [4.78, 5) is 26.4. The molecule has 1 aliphatic heterocycles. The standard InChI is InChI=1S/C15H21N3O3/c1-12(19)14-6-5-13(11-15(14)18(20)21)16(2)9-10-17-7-3-4-8-17/h5-6,11H,3-4,7-10H2,1-2H3. The third-order valence-electron chi connectivity index (χ3n) is 3.95. The molecule has 0 spiro atoms. The van der Waals surface area contributed by atoms with Gasteiger partial charge in [0.2, 0.25) is 0 Å². The second kappa shape index (κ2) is 6.67. The molecular weight excluding hydrogens is 270 g/mol. The van der Waals surface area contributed by atoms with Crippen molar-refractivity contribution >= 4 is 17.2 Å². The molecule has 0 aromatic heterocycles. The Morgan fingerprint density at radius 2 is 2.05 bits per heavy atom. The minimum Gasteiger partial charge on any atom is -0.373 e. The topological polar surface area (TPSA) is 66.7 Å². The summed E-state index contributed by atoms with van der Waals surface area (Å²) in [5, 5.41) is 11.1. The number of nitro benzene ring substituents is 1. The van der Waals surface area contributed by atoms with Crippen LogP contribution >= 0.6 is 0 Å². The van der Waals surface area contributed by atoms with Crippen LogP contribution in [0.4, 0.5) is 11.4 Å². The monoisotopic (exact) mass is 291 g/mol. The van der Waals surface area contributed by atoms with Crippen LogP contribution in [0.3, 0.4) is 0 Å². The fourth-order valence-electron chi connectivity index (χ4n) is 2.63. The van der Waals surface area contributed by atoms with Gasteiger partial charge in [-0.2, -0.15) is 0 Å². The molecule has 2 rings (SSSR count). The zero-order valence-corrected chi connectivity index (χ0v) is 12.5. The van der Waals surface area contributed by atoms with Crippen LogP contribution in [-0.2, 0) is 0 Å². The fourth-order valence-corrected chi connectivity index (χ4v) is 2.63. The van der Waals surface area contributed by atoms with E-state index in [1.54, 1.807) is 12.1 Å². The van der Waals surface area contributed by atoms with Gasteiger partial charge in [-0.25, -0.2) is 0 Å². The van der Waals surface area contributed by atoms with Crippen LogP contribution < -0.4 is 4.90 Å². The number of rotatable bonds is 6. The van der Waals surface area contributed by atoms with Gasteiger partial charge < -0.3 is 9.80 Å². The molecule has 21 heavy (non-hydrogen) atoms. The lowest BCUT2D eigenvalue weighted by atomic mass is 10.1. The summed E-state index contributed by atoms with van der Waals surface area (Å²) in [6.45, 7) is 5.39. The maximum atomic E-state index is 11.4. The Kier molecular flexibility index (Phi) is 4.90. The normalized spacial score (nSPS) is 15.1. The number of likely N-dealkylation sites (N-methyl/N-ethyl adjacent to an activating group) is 1. The van der Waals surface area contributed by atoms with E-state index in [4.69, 9.17) is 0 Å². The second-order valence-corrected chi connectivity index (χ2v) is 5.49. The number of anilines is 1. The minimum absolute atomic E-state index is 0.118. The molecule has 0 N–H and O–H groups in total. The van der Waals surface area contributed by atoms with Crippen LogP contribution in [0, 0.1) is 10.1 Å². The van der Waals surface area contributed by atoms with Gasteiger partial charge in [0.05, 0.1) is 10.5 Å². The van der Waals surface area contributed by atoms with E-state index in [1.165, 1.54) is 25.8 Å². The predicted octanol–water partition coefficient (Wildman–Crippen LogP) is 2.33. The van der Waals surface area contributed by atoms with Crippen LogP contribution in [0.25, 0.3) is 0 Å². The van der Waals surface area contributed by atoms with Gasteiger partial charge in [0.1, 0.15) is 0 Å². The first-order valence-corrected chi connectivity index (χ1v) is 7.22. The zero-order valence-electron chi connectivity index (χ0n) is 12.5. The molecule has 0 radical (unpaired) electrons. The van der Waals surface area contributed by atoms with Crippen molar-refractivity contribution < 1.29 is 9.72 Å². The summed E-state index contributed by atoms with van der Waals surface area (Å²) in [5.74, 6) is -0.284. The lowest BCUT2D eigenvalue weighted by Gasteiger charge is -2.23. The molecule has 6 heteroatoms. The second-order valence-electron chi connectivity index (χ2n) is 5.49. The van der Waals surface area contributed by atoms with Gasteiger partial charge >= 0.3 is 0 Å². The van der Waals surface area contributed by atoms with Crippen LogP contribution in [0.5, 0.6) is 0 Å². The van der Waals surface area contributed by atoms with Crippen molar-refractivity contribution in [3.63, 3.8) is 0 Å². The molecule has 0 aliphatic carbocycles. The Hall–Kier alpha value is -1.95. The van der Waals surface area contributed by atoms with Crippen LogP contribution in [0.1, 0.15) is 30.1 Å². The maximum Gasteiger partial charge on any atom is 0.282 e. The quantitative estimate of drug-likeness (QED) is 0.457. The molecule has 6 nitrogen and oxygen atoms in total. The third kappa shape index (κ3) is 3.78. The number of hydrogen-bond donors (Lipinski definition) is 0. The van der Waals surface area contributed by atoms with Gasteiger partial charge in [-0.1, -0.05) is 0 Å². The number of Topliss-reactive ketones (excluding diaryl/α,β-unsaturated/α-hetero) is 1. The molecule has 1 aromatic carbocycles. The lowest BCUT2D eigenvalue weighted by Crippen LogP contribution is -2.31. The van der Waals surface area contributed by atoms with E-state index < -0.39 is 4.92 Å². The number of ketones is 1. The zero-order chi connectivity index (χ0) is 15.4. The van der Waals surface area contributed by atoms with E-state index in [0.717, 1.165) is 31.9 Å². The number of benzene rings is 1. The highest BCUT2D eigenvalue weighted by Crippen LogP contribution is 2.25. The van der Waals surface area contributed by atoms with Gasteiger partial charge in [-0.05, 0) is 45.0 Å². The molecule has 0 atom stereocenters. The Morgan fingerprint density at radius 1 is 1.38 bits per heavy atom. The summed E-state index contributed by atoms with van der Waals surface area (Å²) >= 11 is 0. The Bertz CT molecular complexity index is 539. The highest BCUT2D eigenvalue weighted by atomic mass is 16.6. The first kappa shape index (κ1) is 15.4. The molecule has 0 bridgehead atoms. The Labute approximate surface area is 124 Å². The molecular formula is C15H21N3O3. The highest BCUT2D eigenvalue weighted by Gasteiger charge is 2.19. The van der Waals surface area contributed by atoms with Crippen LogP contribution in [0.2, 0.25) is 0 Å². The Balaban J connectivity index is 2.09. The van der Waals surface area contributed by atoms with Gasteiger partial charge in [-0.15, -0.1) is 0 Å². The summed E-state index contributed by atoms with van der Waals surface area (Å²) in [5.41, 5.74) is 0.815. The fraction of sp³-hybridized carbons (Fsp3) is 0.533. The van der Waals surface area contributed by atoms with Crippen LogP contribution in [0.15, 0.2) is 18.2 Å². The van der Waals surface area contributed by atoms with Crippen molar-refractivity contribution in [2.75, 3.05) is 38.1 Å². The number of nitro groups is 1. The smallest absolute Gasteiger partial charge is 0.282 e. The molecule has 0 amide bonds. The van der Waals surface area contributed by atoms with Gasteiger partial charge in [0.15, 0.2) is 5.78 Å². The van der Waals surface area contributed by atoms with Crippen molar-refractivity contribution in [2.45, 2.75) is 19.8 Å². The summed E-state index contributed by atoms with van der Waals surface area (Å²) in [6, 6.07) is 4.80. The van der Waals surface area contributed by atoms with Gasteiger partial charge in [0.25, 0.3) is 5.69 Å². The van der Waals surface area contributed by atoms with Crippen molar-refractivity contribution in [3.05, 3.63) is 33.9 Å². The summed E-state index contributed by atoms with van der Waals surface area (Å²) in [7, 11) is 1.92. The van der Waals surface area contributed by atoms with Gasteiger partial charge in [-0.3, -0.25) is 14.9 Å². The first-order chi connectivity index (χ1) is 9.99. The van der Waals surface area contributed by atoms with E-state index in [0.29, 0.717) is 0 Å². The van der Waals surface area contributed by atoms with Gasteiger partial charge in [0, 0.05) is 31.9 Å². The van der Waals surface area contributed by atoms with Crippen molar-refractivity contribution in [1.29, 1.82) is 0 Å². The molecule has 114 valence electrons. The number of likely N-dealkylation sites (tertiary alicyclic amines) is 1. The number of carbonyl (C=O) groups excluding carboxylic acids is 1. The predicted molar refractivity (Wildman–Crippen MR) is 82.0 cm³/mol. The molecule has 1 heterocycles. The maximum absolute atomic E-state index is 11.4. The number of nitrogens with zero attached hydrogens (tertiary/aromatic N) is 3. The largest absolute Gasteiger partial charge is 0.373 e. The van der Waals surface area contributed by atoms with Crippen LogP contribution in [-0.4, -0.2) is 48.8 Å². The van der Waals surface area contributed by atoms with E-state index in [9.17, 15) is 14.9 Å². The number of hydrogen-bond acceptors (Lipinski definition) is 5. The van der Waals surface area contributed by atoms with E-state index in [-0.39, 0.29) is 17.0 Å². The molecule has 1 aliphatic rings. The van der Waals surface area contributed by atoms with Crippen molar-refractivity contribution in [1.82, 2.24) is 4.90 Å². The molecule has 1 aromatic rings. The minimum atomic E-state index is -0.492. The van der Waals surface area contributed by atoms with E-state index in [1.807, 2.05) is 11.9 Å². The SMILES string of the molecule is CC(=O)c1ccc(N(C)CCN2CCCC2)cc1[N+](=O)[O-]. The average Bonchev–Trinajstić information content (AvgIpc) is 2.97. The highest BCUT2D eigenvalue weighted by molar-refractivity contribution is 5.98. The van der Waals surface area contributed by atoms with E-state index >= 15 is 0 Å². The lowest BCUT2D eigenvalue weighted by molar-refractivity contribution is -0.385. The van der Waals surface area contributed by atoms with Crippen molar-refractivity contribution in [3.8, 4) is 0 Å². The molecule has 1 saturated heterocycles. The summed E-state index contributed by atoms with van der Waals surface area (Å²) < 4.78 is 0. The molecule has 1 fully saturated rings. The number of carbonyl (C=O) groups is 1. The summed E-state index contributed by atoms with van der Waals surface area (Å²) in [6.07, 6.45) is 2.50. The first-order valence-electron chi connectivity index (χ1n) is 7.22.